The zero-order valence-electron chi connectivity index (χ0n) is 11.7. The molecule has 4 heteroatoms. The van der Waals surface area contributed by atoms with Gasteiger partial charge in [-0.25, -0.2) is 0 Å². The van der Waals surface area contributed by atoms with Gasteiger partial charge >= 0.3 is 0 Å². The second kappa shape index (κ2) is 6.31. The highest BCUT2D eigenvalue weighted by Crippen LogP contribution is 2.33. The quantitative estimate of drug-likeness (QED) is 0.664. The van der Waals surface area contributed by atoms with Crippen molar-refractivity contribution < 1.29 is 9.21 Å². The fourth-order valence-electron chi connectivity index (χ4n) is 2.57. The van der Waals surface area contributed by atoms with Gasteiger partial charge in [-0.2, -0.15) is 0 Å². The maximum Gasteiger partial charge on any atom is 0.161 e. The first-order valence-corrected chi connectivity index (χ1v) is 7.15. The van der Waals surface area contributed by atoms with E-state index >= 15 is 0 Å². The molecule has 4 nitrogen and oxygen atoms in total. The third kappa shape index (κ3) is 3.34. The van der Waals surface area contributed by atoms with E-state index < -0.39 is 0 Å². The van der Waals surface area contributed by atoms with E-state index in [9.17, 15) is 4.79 Å². The molecule has 0 amide bonds. The Morgan fingerprint density at radius 3 is 2.71 bits per heavy atom. The summed E-state index contributed by atoms with van der Waals surface area (Å²) in [6.45, 7) is 0. The number of anilines is 1. The second-order valence-corrected chi connectivity index (χ2v) is 5.18. The summed E-state index contributed by atoms with van der Waals surface area (Å²) in [5.74, 6) is 1.31. The number of carbonyl (C=O) groups is 1. The third-order valence-electron chi connectivity index (χ3n) is 3.73. The van der Waals surface area contributed by atoms with E-state index in [1.54, 1.807) is 12.5 Å². The summed E-state index contributed by atoms with van der Waals surface area (Å²) < 4.78 is 5.40. The molecule has 1 unspecified atom stereocenters. The molecule has 21 heavy (non-hydrogen) atoms. The molecule has 2 aromatic rings. The largest absolute Gasteiger partial charge is 0.469 e. The predicted molar refractivity (Wildman–Crippen MR) is 81.6 cm³/mol. The number of carbonyl (C=O) groups excluding carboxylic acids is 1. The summed E-state index contributed by atoms with van der Waals surface area (Å²) in [4.78, 5) is 12.2. The van der Waals surface area contributed by atoms with Gasteiger partial charge in [0.05, 0.1) is 12.0 Å². The standard InChI is InChI=1S/C17H18N2O2/c20-16-11-13(17-7-4-10-21-17)8-9-14(16)12-18-19-15-5-2-1-3-6-15/h1-7,10,12-13,18-19H,8-9,11H2/b14-12-. The summed E-state index contributed by atoms with van der Waals surface area (Å²) in [6, 6.07) is 13.6. The lowest BCUT2D eigenvalue weighted by molar-refractivity contribution is -0.117. The minimum atomic E-state index is 0.185. The lowest BCUT2D eigenvalue weighted by Gasteiger charge is -2.21. The molecule has 108 valence electrons. The van der Waals surface area contributed by atoms with Crippen molar-refractivity contribution in [2.45, 2.75) is 25.2 Å². The van der Waals surface area contributed by atoms with E-state index in [4.69, 9.17) is 4.42 Å². The third-order valence-corrected chi connectivity index (χ3v) is 3.73. The molecular formula is C17H18N2O2. The van der Waals surface area contributed by atoms with Crippen molar-refractivity contribution in [3.8, 4) is 0 Å². The number of hydrogen-bond acceptors (Lipinski definition) is 4. The zero-order valence-corrected chi connectivity index (χ0v) is 11.7. The van der Waals surface area contributed by atoms with Gasteiger partial charge in [0.2, 0.25) is 0 Å². The van der Waals surface area contributed by atoms with Gasteiger partial charge < -0.3 is 15.3 Å². The number of furan rings is 1. The topological polar surface area (TPSA) is 54.3 Å². The van der Waals surface area contributed by atoms with Gasteiger partial charge in [-0.3, -0.25) is 4.79 Å². The van der Waals surface area contributed by atoms with Crippen LogP contribution in [0.5, 0.6) is 0 Å². The lowest BCUT2D eigenvalue weighted by Crippen LogP contribution is -2.21. The van der Waals surface area contributed by atoms with Crippen LogP contribution in [0.4, 0.5) is 5.69 Å². The van der Waals surface area contributed by atoms with E-state index in [1.807, 2.05) is 42.5 Å². The zero-order chi connectivity index (χ0) is 14.5. The number of nitrogens with one attached hydrogen (secondary N) is 2. The Balaban J connectivity index is 1.55. The Morgan fingerprint density at radius 2 is 2.00 bits per heavy atom. The van der Waals surface area contributed by atoms with Crippen LogP contribution in [-0.2, 0) is 4.79 Å². The molecule has 1 aromatic heterocycles. The molecule has 0 saturated heterocycles. The van der Waals surface area contributed by atoms with Crippen LogP contribution in [-0.4, -0.2) is 5.78 Å². The van der Waals surface area contributed by atoms with Crippen molar-refractivity contribution >= 4 is 11.5 Å². The fraction of sp³-hybridized carbons (Fsp3) is 0.235. The van der Waals surface area contributed by atoms with Crippen LogP contribution in [0.15, 0.2) is 64.9 Å². The number of Topliss-reactive ketones (excluding diaryl/α,β-unsaturated/α-hetero) is 1. The Bertz CT molecular complexity index is 618. The SMILES string of the molecule is O=C1CC(c2ccco2)CC/C1=C/NNc1ccccc1. The average molecular weight is 282 g/mol. The molecule has 1 fully saturated rings. The normalized spacial score (nSPS) is 20.5. The van der Waals surface area contributed by atoms with Gasteiger partial charge in [0.15, 0.2) is 5.78 Å². The van der Waals surface area contributed by atoms with Gasteiger partial charge in [-0.15, -0.1) is 0 Å². The molecule has 0 radical (unpaired) electrons. The fourth-order valence-corrected chi connectivity index (χ4v) is 2.57. The molecule has 1 aliphatic carbocycles. The predicted octanol–water partition coefficient (Wildman–Crippen LogP) is 3.62. The smallest absolute Gasteiger partial charge is 0.161 e. The van der Waals surface area contributed by atoms with Crippen LogP contribution in [0.3, 0.4) is 0 Å². The Hall–Kier alpha value is -2.49. The highest BCUT2D eigenvalue weighted by Gasteiger charge is 2.26. The van der Waals surface area contributed by atoms with Crippen molar-refractivity contribution in [1.82, 2.24) is 5.43 Å². The maximum absolute atomic E-state index is 12.2. The molecule has 2 N–H and O–H groups in total. The van der Waals surface area contributed by atoms with Crippen LogP contribution in [0.2, 0.25) is 0 Å². The minimum absolute atomic E-state index is 0.185. The summed E-state index contributed by atoms with van der Waals surface area (Å²) >= 11 is 0. The van der Waals surface area contributed by atoms with Gasteiger partial charge in [0.25, 0.3) is 0 Å². The number of ketones is 1. The molecule has 0 spiro atoms. The average Bonchev–Trinajstić information content (AvgIpc) is 3.04. The van der Waals surface area contributed by atoms with Crippen LogP contribution in [0.25, 0.3) is 0 Å². The number of rotatable bonds is 4. The summed E-state index contributed by atoms with van der Waals surface area (Å²) in [6.07, 6.45) is 5.67. The van der Waals surface area contributed by atoms with Crippen molar-refractivity contribution in [1.29, 1.82) is 0 Å². The first kappa shape index (κ1) is 13.5. The monoisotopic (exact) mass is 282 g/mol. The van der Waals surface area contributed by atoms with Crippen LogP contribution < -0.4 is 10.9 Å². The number of para-hydroxylation sites is 1. The van der Waals surface area contributed by atoms with Gasteiger partial charge in [-0.1, -0.05) is 18.2 Å². The van der Waals surface area contributed by atoms with Crippen molar-refractivity contribution in [3.05, 3.63) is 66.3 Å². The summed E-state index contributed by atoms with van der Waals surface area (Å²) in [7, 11) is 0. The number of allylic oxidation sites excluding steroid dienone is 1. The molecule has 1 aromatic carbocycles. The lowest BCUT2D eigenvalue weighted by atomic mass is 9.84. The first-order valence-electron chi connectivity index (χ1n) is 7.15. The van der Waals surface area contributed by atoms with Gasteiger partial charge in [0, 0.05) is 24.1 Å². The highest BCUT2D eigenvalue weighted by atomic mass is 16.3. The number of benzene rings is 1. The van der Waals surface area contributed by atoms with Gasteiger partial charge in [-0.05, 0) is 37.1 Å². The number of hydrazine groups is 1. The Labute approximate surface area is 123 Å². The molecule has 1 atom stereocenters. The van der Waals surface area contributed by atoms with Crippen molar-refractivity contribution in [3.63, 3.8) is 0 Å². The maximum atomic E-state index is 12.2. The highest BCUT2D eigenvalue weighted by molar-refractivity contribution is 5.96. The second-order valence-electron chi connectivity index (χ2n) is 5.18. The molecule has 3 rings (SSSR count). The van der Waals surface area contributed by atoms with E-state index in [1.165, 1.54) is 0 Å². The number of hydrogen-bond donors (Lipinski definition) is 2. The van der Waals surface area contributed by atoms with Gasteiger partial charge in [0.1, 0.15) is 5.76 Å². The van der Waals surface area contributed by atoms with E-state index in [2.05, 4.69) is 10.9 Å². The molecular weight excluding hydrogens is 264 g/mol. The van der Waals surface area contributed by atoms with E-state index in [0.29, 0.717) is 6.42 Å². The summed E-state index contributed by atoms with van der Waals surface area (Å²) in [5.41, 5.74) is 7.85. The molecule has 1 heterocycles. The van der Waals surface area contributed by atoms with Crippen molar-refractivity contribution in [2.24, 2.45) is 0 Å². The van der Waals surface area contributed by atoms with Crippen LogP contribution in [0.1, 0.15) is 30.9 Å². The van der Waals surface area contributed by atoms with E-state index in [-0.39, 0.29) is 11.7 Å². The Morgan fingerprint density at radius 1 is 1.14 bits per heavy atom. The molecule has 0 bridgehead atoms. The van der Waals surface area contributed by atoms with E-state index in [0.717, 1.165) is 29.9 Å². The minimum Gasteiger partial charge on any atom is -0.469 e. The summed E-state index contributed by atoms with van der Waals surface area (Å²) in [5, 5.41) is 0. The Kier molecular flexibility index (Phi) is 4.05. The molecule has 1 aliphatic rings. The molecule has 1 saturated carbocycles. The van der Waals surface area contributed by atoms with Crippen molar-refractivity contribution in [2.75, 3.05) is 5.43 Å². The first-order chi connectivity index (χ1) is 10.3. The van der Waals surface area contributed by atoms with Crippen LogP contribution >= 0.6 is 0 Å². The van der Waals surface area contributed by atoms with Crippen LogP contribution in [0, 0.1) is 0 Å². The molecule has 0 aliphatic heterocycles.